The van der Waals surface area contributed by atoms with Crippen LogP contribution < -0.4 is 15.8 Å². The zero-order valence-electron chi connectivity index (χ0n) is 10.5. The molecule has 5 heteroatoms. The molecular formula is C13H16N4O. The fourth-order valence-electron chi connectivity index (χ4n) is 1.57. The van der Waals surface area contributed by atoms with Crippen LogP contribution >= 0.6 is 0 Å². The van der Waals surface area contributed by atoms with Crippen LogP contribution in [-0.4, -0.2) is 16.6 Å². The quantitative estimate of drug-likeness (QED) is 0.864. The number of hydrogen-bond donors (Lipinski definition) is 2. The number of aryl methyl sites for hydroxylation is 1. The van der Waals surface area contributed by atoms with E-state index in [9.17, 15) is 0 Å². The van der Waals surface area contributed by atoms with Gasteiger partial charge in [0.2, 0.25) is 5.88 Å². The van der Waals surface area contributed by atoms with Crippen LogP contribution in [0.25, 0.3) is 0 Å². The first-order valence-electron chi connectivity index (χ1n) is 5.78. The lowest BCUT2D eigenvalue weighted by Gasteiger charge is -2.12. The van der Waals surface area contributed by atoms with E-state index in [4.69, 9.17) is 10.5 Å². The molecule has 2 aromatic rings. The summed E-state index contributed by atoms with van der Waals surface area (Å²) in [5, 5.41) is 3.18. The van der Waals surface area contributed by atoms with Crippen molar-refractivity contribution in [2.75, 3.05) is 17.7 Å². The highest BCUT2D eigenvalue weighted by molar-refractivity contribution is 5.73. The van der Waals surface area contributed by atoms with E-state index in [1.165, 1.54) is 6.33 Å². The molecule has 0 atom stereocenters. The second kappa shape index (κ2) is 5.35. The maximum atomic E-state index is 5.95. The van der Waals surface area contributed by atoms with Crippen LogP contribution in [0.15, 0.2) is 30.6 Å². The van der Waals surface area contributed by atoms with E-state index in [-0.39, 0.29) is 0 Å². The van der Waals surface area contributed by atoms with Gasteiger partial charge in [-0.25, -0.2) is 4.98 Å². The van der Waals surface area contributed by atoms with Crippen molar-refractivity contribution >= 4 is 17.2 Å². The van der Waals surface area contributed by atoms with Crippen molar-refractivity contribution in [1.29, 1.82) is 0 Å². The lowest BCUT2D eigenvalue weighted by molar-refractivity contribution is 0.328. The number of hydrogen-bond acceptors (Lipinski definition) is 5. The standard InChI is InChI=1S/C13H16N4O/c1-3-18-13-11(14)12(15-8-16-13)17-10-7-5-4-6-9(10)2/h4-8H,3,14H2,1-2H3,(H,15,16,17). The SMILES string of the molecule is CCOc1ncnc(Nc2ccccc2C)c1N. The highest BCUT2D eigenvalue weighted by Gasteiger charge is 2.09. The molecule has 0 radical (unpaired) electrons. The smallest absolute Gasteiger partial charge is 0.242 e. The molecule has 2 rings (SSSR count). The molecule has 1 heterocycles. The van der Waals surface area contributed by atoms with Gasteiger partial charge in [-0.05, 0) is 25.5 Å². The summed E-state index contributed by atoms with van der Waals surface area (Å²) in [4.78, 5) is 8.12. The fourth-order valence-corrected chi connectivity index (χ4v) is 1.57. The average Bonchev–Trinajstić information content (AvgIpc) is 2.37. The number of benzene rings is 1. The van der Waals surface area contributed by atoms with Gasteiger partial charge >= 0.3 is 0 Å². The number of nitrogens with two attached hydrogens (primary N) is 1. The first-order chi connectivity index (χ1) is 8.72. The lowest BCUT2D eigenvalue weighted by atomic mass is 10.2. The summed E-state index contributed by atoms with van der Waals surface area (Å²) >= 11 is 0. The molecule has 3 N–H and O–H groups in total. The Hall–Kier alpha value is -2.30. The first-order valence-corrected chi connectivity index (χ1v) is 5.78. The molecular weight excluding hydrogens is 228 g/mol. The number of rotatable bonds is 4. The minimum absolute atomic E-state index is 0.406. The predicted octanol–water partition coefficient (Wildman–Crippen LogP) is 2.51. The maximum Gasteiger partial charge on any atom is 0.242 e. The lowest BCUT2D eigenvalue weighted by Crippen LogP contribution is -2.05. The number of nitrogens with one attached hydrogen (secondary N) is 1. The van der Waals surface area contributed by atoms with Gasteiger partial charge in [-0.3, -0.25) is 0 Å². The van der Waals surface area contributed by atoms with Crippen molar-refractivity contribution < 1.29 is 4.74 Å². The number of nitrogens with zero attached hydrogens (tertiary/aromatic N) is 2. The summed E-state index contributed by atoms with van der Waals surface area (Å²) in [6.45, 7) is 4.42. The van der Waals surface area contributed by atoms with Crippen LogP contribution in [0.2, 0.25) is 0 Å². The summed E-state index contributed by atoms with van der Waals surface area (Å²) in [7, 11) is 0. The highest BCUT2D eigenvalue weighted by atomic mass is 16.5. The summed E-state index contributed by atoms with van der Waals surface area (Å²) in [5.41, 5.74) is 8.46. The van der Waals surface area contributed by atoms with Gasteiger partial charge < -0.3 is 15.8 Å². The maximum absolute atomic E-state index is 5.95. The molecule has 0 aliphatic heterocycles. The Bertz CT molecular complexity index is 542. The van der Waals surface area contributed by atoms with E-state index in [0.717, 1.165) is 11.3 Å². The summed E-state index contributed by atoms with van der Waals surface area (Å²) in [6, 6.07) is 7.92. The highest BCUT2D eigenvalue weighted by Crippen LogP contribution is 2.28. The van der Waals surface area contributed by atoms with Gasteiger partial charge in [0.25, 0.3) is 0 Å². The predicted molar refractivity (Wildman–Crippen MR) is 72.1 cm³/mol. The Morgan fingerprint density at radius 3 is 2.78 bits per heavy atom. The molecule has 0 saturated heterocycles. The summed E-state index contributed by atoms with van der Waals surface area (Å²) < 4.78 is 5.33. The van der Waals surface area contributed by atoms with E-state index >= 15 is 0 Å². The average molecular weight is 244 g/mol. The van der Waals surface area contributed by atoms with Gasteiger partial charge in [-0.2, -0.15) is 4.98 Å². The van der Waals surface area contributed by atoms with E-state index in [1.807, 2.05) is 38.1 Å². The Kier molecular flexibility index (Phi) is 3.62. The normalized spacial score (nSPS) is 10.1. The molecule has 0 aliphatic rings. The van der Waals surface area contributed by atoms with Gasteiger partial charge in [-0.1, -0.05) is 18.2 Å². The molecule has 0 unspecified atom stereocenters. The number of aromatic nitrogens is 2. The first kappa shape index (κ1) is 12.2. The molecule has 18 heavy (non-hydrogen) atoms. The molecule has 1 aromatic heterocycles. The molecule has 0 fully saturated rings. The van der Waals surface area contributed by atoms with Crippen LogP contribution in [0.1, 0.15) is 12.5 Å². The van der Waals surface area contributed by atoms with Crippen LogP contribution in [0.4, 0.5) is 17.2 Å². The minimum atomic E-state index is 0.406. The summed E-state index contributed by atoms with van der Waals surface area (Å²) in [5.74, 6) is 0.964. The van der Waals surface area contributed by atoms with Crippen molar-refractivity contribution in [1.82, 2.24) is 9.97 Å². The van der Waals surface area contributed by atoms with Crippen molar-refractivity contribution in [3.8, 4) is 5.88 Å². The van der Waals surface area contributed by atoms with Crippen LogP contribution in [0, 0.1) is 6.92 Å². The van der Waals surface area contributed by atoms with Gasteiger partial charge in [0, 0.05) is 5.69 Å². The topological polar surface area (TPSA) is 73.1 Å². The number of ether oxygens (including phenoxy) is 1. The van der Waals surface area contributed by atoms with E-state index in [1.54, 1.807) is 0 Å². The van der Waals surface area contributed by atoms with E-state index in [0.29, 0.717) is 24.0 Å². The molecule has 94 valence electrons. The van der Waals surface area contributed by atoms with E-state index < -0.39 is 0 Å². The van der Waals surface area contributed by atoms with Crippen molar-refractivity contribution in [3.63, 3.8) is 0 Å². The number of nitrogen functional groups attached to an aromatic ring is 1. The van der Waals surface area contributed by atoms with Crippen molar-refractivity contribution in [2.45, 2.75) is 13.8 Å². The van der Waals surface area contributed by atoms with Crippen LogP contribution in [0.5, 0.6) is 5.88 Å². The molecule has 0 spiro atoms. The molecule has 0 bridgehead atoms. The van der Waals surface area contributed by atoms with Gasteiger partial charge in [0.05, 0.1) is 6.61 Å². The van der Waals surface area contributed by atoms with Crippen LogP contribution in [0.3, 0.4) is 0 Å². The van der Waals surface area contributed by atoms with Gasteiger partial charge in [0.1, 0.15) is 12.0 Å². The molecule has 0 saturated carbocycles. The second-order valence-corrected chi connectivity index (χ2v) is 3.81. The fraction of sp³-hybridized carbons (Fsp3) is 0.231. The third-order valence-corrected chi connectivity index (χ3v) is 2.53. The Morgan fingerprint density at radius 1 is 1.28 bits per heavy atom. The van der Waals surface area contributed by atoms with Crippen molar-refractivity contribution in [3.05, 3.63) is 36.2 Å². The molecule has 0 amide bonds. The van der Waals surface area contributed by atoms with Crippen molar-refractivity contribution in [2.24, 2.45) is 0 Å². The van der Waals surface area contributed by atoms with Crippen LogP contribution in [-0.2, 0) is 0 Å². The van der Waals surface area contributed by atoms with Gasteiger partial charge in [-0.15, -0.1) is 0 Å². The Labute approximate surface area is 106 Å². The third-order valence-electron chi connectivity index (χ3n) is 2.53. The Morgan fingerprint density at radius 2 is 2.06 bits per heavy atom. The van der Waals surface area contributed by atoms with E-state index in [2.05, 4.69) is 15.3 Å². The zero-order chi connectivity index (χ0) is 13.0. The largest absolute Gasteiger partial charge is 0.476 e. The summed E-state index contributed by atoms with van der Waals surface area (Å²) in [6.07, 6.45) is 1.43. The minimum Gasteiger partial charge on any atom is -0.476 e. The second-order valence-electron chi connectivity index (χ2n) is 3.81. The molecule has 0 aliphatic carbocycles. The monoisotopic (exact) mass is 244 g/mol. The zero-order valence-corrected chi connectivity index (χ0v) is 10.5. The Balaban J connectivity index is 2.30. The van der Waals surface area contributed by atoms with Gasteiger partial charge in [0.15, 0.2) is 5.82 Å². The molecule has 5 nitrogen and oxygen atoms in total. The molecule has 1 aromatic carbocycles. The third kappa shape index (κ3) is 2.51. The number of anilines is 3. The number of para-hydroxylation sites is 1.